The molecule has 1 unspecified atom stereocenters. The van der Waals surface area contributed by atoms with E-state index in [9.17, 15) is 4.39 Å². The summed E-state index contributed by atoms with van der Waals surface area (Å²) < 4.78 is 19.2. The average molecular weight is 288 g/mol. The molecule has 1 aromatic carbocycles. The number of nitrogens with one attached hydrogen (secondary N) is 1. The van der Waals surface area contributed by atoms with E-state index in [2.05, 4.69) is 12.2 Å². The van der Waals surface area contributed by atoms with Gasteiger partial charge in [-0.15, -0.1) is 0 Å². The molecule has 0 saturated carbocycles. The van der Waals surface area contributed by atoms with Gasteiger partial charge in [0.2, 0.25) is 0 Å². The summed E-state index contributed by atoms with van der Waals surface area (Å²) in [6.07, 6.45) is 0.999. The Bertz CT molecular complexity index is 404. The molecule has 0 radical (unpaired) electrons. The number of benzene rings is 1. The van der Waals surface area contributed by atoms with Crippen molar-refractivity contribution in [2.45, 2.75) is 45.8 Å². The molecule has 0 bridgehead atoms. The van der Waals surface area contributed by atoms with E-state index < -0.39 is 0 Å². The number of hydrogen-bond donors (Lipinski definition) is 1. The van der Waals surface area contributed by atoms with Crippen LogP contribution in [0.2, 0.25) is 5.02 Å². The predicted octanol–water partition coefficient (Wildman–Crippen LogP) is 4.33. The molecular weight excluding hydrogens is 265 g/mol. The van der Waals surface area contributed by atoms with Gasteiger partial charge >= 0.3 is 0 Å². The summed E-state index contributed by atoms with van der Waals surface area (Å²) >= 11 is 6.16. The number of hydrogen-bond acceptors (Lipinski definition) is 2. The lowest BCUT2D eigenvalue weighted by molar-refractivity contribution is -0.0147. The van der Waals surface area contributed by atoms with Gasteiger partial charge in [0.1, 0.15) is 5.82 Å². The Hall–Kier alpha value is -0.640. The SMILES string of the molecule is CCCNC(COC(C)(C)C)c1cc(F)ccc1Cl. The third-order valence-electron chi connectivity index (χ3n) is 2.66. The van der Waals surface area contributed by atoms with E-state index in [1.54, 1.807) is 6.07 Å². The van der Waals surface area contributed by atoms with Crippen LogP contribution in [0, 0.1) is 5.82 Å². The summed E-state index contributed by atoms with van der Waals surface area (Å²) in [6.45, 7) is 9.38. The van der Waals surface area contributed by atoms with Crippen LogP contribution in [0.5, 0.6) is 0 Å². The van der Waals surface area contributed by atoms with Gasteiger partial charge in [0.15, 0.2) is 0 Å². The fourth-order valence-electron chi connectivity index (χ4n) is 1.69. The highest BCUT2D eigenvalue weighted by Crippen LogP contribution is 2.25. The maximum atomic E-state index is 13.4. The molecule has 0 aliphatic heterocycles. The minimum atomic E-state index is -0.279. The zero-order valence-corrected chi connectivity index (χ0v) is 12.9. The van der Waals surface area contributed by atoms with Crippen molar-refractivity contribution in [1.29, 1.82) is 0 Å². The van der Waals surface area contributed by atoms with E-state index >= 15 is 0 Å². The summed E-state index contributed by atoms with van der Waals surface area (Å²) in [5.74, 6) is -0.279. The van der Waals surface area contributed by atoms with E-state index in [-0.39, 0.29) is 17.5 Å². The van der Waals surface area contributed by atoms with E-state index in [1.165, 1.54) is 12.1 Å². The zero-order valence-electron chi connectivity index (χ0n) is 12.1. The standard InChI is InChI=1S/C15H23ClFNO/c1-5-8-18-14(10-19-15(2,3)4)12-9-11(17)6-7-13(12)16/h6-7,9,14,18H,5,8,10H2,1-4H3. The minimum absolute atomic E-state index is 0.0950. The van der Waals surface area contributed by atoms with Gasteiger partial charge in [0, 0.05) is 5.02 Å². The maximum Gasteiger partial charge on any atom is 0.123 e. The summed E-state index contributed by atoms with van der Waals surface area (Å²) in [5.41, 5.74) is 0.519. The maximum absolute atomic E-state index is 13.4. The molecule has 108 valence electrons. The first-order chi connectivity index (χ1) is 8.83. The molecule has 0 saturated heterocycles. The van der Waals surface area contributed by atoms with Crippen molar-refractivity contribution in [2.75, 3.05) is 13.2 Å². The fourth-order valence-corrected chi connectivity index (χ4v) is 1.94. The smallest absolute Gasteiger partial charge is 0.123 e. The zero-order chi connectivity index (χ0) is 14.5. The van der Waals surface area contributed by atoms with E-state index in [0.717, 1.165) is 18.5 Å². The third kappa shape index (κ3) is 5.89. The second-order valence-electron chi connectivity index (χ2n) is 5.60. The van der Waals surface area contributed by atoms with Crippen LogP contribution in [0.15, 0.2) is 18.2 Å². The molecule has 1 N–H and O–H groups in total. The highest BCUT2D eigenvalue weighted by atomic mass is 35.5. The molecule has 2 nitrogen and oxygen atoms in total. The summed E-state index contributed by atoms with van der Waals surface area (Å²) in [4.78, 5) is 0. The van der Waals surface area contributed by atoms with Crippen molar-refractivity contribution in [2.24, 2.45) is 0 Å². The molecule has 0 aliphatic carbocycles. The quantitative estimate of drug-likeness (QED) is 0.840. The van der Waals surface area contributed by atoms with Crippen LogP contribution in [0.1, 0.15) is 45.7 Å². The molecule has 1 aromatic rings. The minimum Gasteiger partial charge on any atom is -0.374 e. The van der Waals surface area contributed by atoms with Crippen molar-refractivity contribution in [3.63, 3.8) is 0 Å². The van der Waals surface area contributed by atoms with Crippen LogP contribution in [-0.4, -0.2) is 18.8 Å². The normalized spacial score (nSPS) is 13.6. The second-order valence-corrected chi connectivity index (χ2v) is 6.00. The van der Waals surface area contributed by atoms with Crippen LogP contribution >= 0.6 is 11.6 Å². The van der Waals surface area contributed by atoms with Crippen molar-refractivity contribution < 1.29 is 9.13 Å². The summed E-state index contributed by atoms with van der Waals surface area (Å²) in [5, 5.41) is 3.91. The van der Waals surface area contributed by atoms with Crippen molar-refractivity contribution in [3.05, 3.63) is 34.6 Å². The van der Waals surface area contributed by atoms with Crippen molar-refractivity contribution >= 4 is 11.6 Å². The van der Waals surface area contributed by atoms with Crippen molar-refractivity contribution in [1.82, 2.24) is 5.32 Å². The third-order valence-corrected chi connectivity index (χ3v) is 3.00. The van der Waals surface area contributed by atoms with Gasteiger partial charge in [-0.05, 0) is 57.5 Å². The second kappa shape index (κ2) is 7.22. The number of ether oxygens (including phenoxy) is 1. The molecule has 4 heteroatoms. The lowest BCUT2D eigenvalue weighted by atomic mass is 10.1. The Kier molecular flexibility index (Phi) is 6.24. The lowest BCUT2D eigenvalue weighted by Gasteiger charge is -2.26. The molecule has 1 rings (SSSR count). The Morgan fingerprint density at radius 1 is 1.37 bits per heavy atom. The molecular formula is C15H23ClFNO. The van der Waals surface area contributed by atoms with Gasteiger partial charge in [-0.25, -0.2) is 4.39 Å². The average Bonchev–Trinajstić information content (AvgIpc) is 2.32. The molecule has 1 atom stereocenters. The summed E-state index contributed by atoms with van der Waals surface area (Å²) in [7, 11) is 0. The van der Waals surface area contributed by atoms with Crippen LogP contribution in [0.3, 0.4) is 0 Å². The van der Waals surface area contributed by atoms with Gasteiger partial charge in [0.25, 0.3) is 0 Å². The fraction of sp³-hybridized carbons (Fsp3) is 0.600. The molecule has 0 heterocycles. The van der Waals surface area contributed by atoms with Crippen LogP contribution < -0.4 is 5.32 Å². The Labute approximate surface area is 120 Å². The van der Waals surface area contributed by atoms with E-state index in [1.807, 2.05) is 20.8 Å². The highest BCUT2D eigenvalue weighted by Gasteiger charge is 2.19. The topological polar surface area (TPSA) is 21.3 Å². The highest BCUT2D eigenvalue weighted by molar-refractivity contribution is 6.31. The first-order valence-electron chi connectivity index (χ1n) is 6.66. The number of rotatable bonds is 6. The van der Waals surface area contributed by atoms with E-state index in [0.29, 0.717) is 11.6 Å². The summed E-state index contributed by atoms with van der Waals surface area (Å²) in [6, 6.07) is 4.33. The Morgan fingerprint density at radius 3 is 2.63 bits per heavy atom. The van der Waals surface area contributed by atoms with Crippen molar-refractivity contribution in [3.8, 4) is 0 Å². The van der Waals surface area contributed by atoms with Gasteiger partial charge in [-0.1, -0.05) is 18.5 Å². The number of halogens is 2. The largest absolute Gasteiger partial charge is 0.374 e. The molecule has 19 heavy (non-hydrogen) atoms. The van der Waals surface area contributed by atoms with Crippen LogP contribution in [0.25, 0.3) is 0 Å². The monoisotopic (exact) mass is 287 g/mol. The molecule has 0 aromatic heterocycles. The van der Waals surface area contributed by atoms with Gasteiger partial charge < -0.3 is 10.1 Å². The first-order valence-corrected chi connectivity index (χ1v) is 7.03. The molecule has 0 fully saturated rings. The van der Waals surface area contributed by atoms with E-state index in [4.69, 9.17) is 16.3 Å². The van der Waals surface area contributed by atoms with Gasteiger partial charge in [-0.3, -0.25) is 0 Å². The molecule has 0 spiro atoms. The van der Waals surface area contributed by atoms with Gasteiger partial charge in [-0.2, -0.15) is 0 Å². The lowest BCUT2D eigenvalue weighted by Crippen LogP contribution is -2.31. The Balaban J connectivity index is 2.85. The first kappa shape index (κ1) is 16.4. The predicted molar refractivity (Wildman–Crippen MR) is 78.1 cm³/mol. The van der Waals surface area contributed by atoms with Gasteiger partial charge in [0.05, 0.1) is 18.2 Å². The Morgan fingerprint density at radius 2 is 2.05 bits per heavy atom. The molecule has 0 amide bonds. The van der Waals surface area contributed by atoms with Crippen LogP contribution in [-0.2, 0) is 4.74 Å². The molecule has 0 aliphatic rings. The van der Waals surface area contributed by atoms with Crippen LogP contribution in [0.4, 0.5) is 4.39 Å².